The maximum absolute atomic E-state index is 12.9. The molecular weight excluding hydrogens is 372 g/mol. The van der Waals surface area contributed by atoms with Crippen LogP contribution in [0.5, 0.6) is 0 Å². The summed E-state index contributed by atoms with van der Waals surface area (Å²) in [5.74, 6) is 1.23. The van der Waals surface area contributed by atoms with Crippen LogP contribution in [-0.2, 0) is 5.41 Å². The van der Waals surface area contributed by atoms with E-state index in [9.17, 15) is 4.79 Å². The summed E-state index contributed by atoms with van der Waals surface area (Å²) in [5.41, 5.74) is 3.77. The van der Waals surface area contributed by atoms with Gasteiger partial charge in [0.05, 0.1) is 10.6 Å². The molecule has 1 N–H and O–H groups in total. The third-order valence-electron chi connectivity index (χ3n) is 4.60. The largest absolute Gasteiger partial charge is 0.441 e. The Morgan fingerprint density at radius 1 is 1.11 bits per heavy atom. The van der Waals surface area contributed by atoms with Crippen LogP contribution in [-0.4, -0.2) is 20.9 Å². The molecule has 1 aromatic carbocycles. The SMILES string of the molecule is Cc1nc2cc(NC(=O)c3sc4nc(C(C)(C)C)nc(C)c4c3C)ccc2o1. The van der Waals surface area contributed by atoms with Crippen LogP contribution in [0.1, 0.15) is 53.4 Å². The first-order valence-electron chi connectivity index (χ1n) is 9.10. The van der Waals surface area contributed by atoms with Crippen molar-refractivity contribution in [2.75, 3.05) is 5.32 Å². The van der Waals surface area contributed by atoms with Gasteiger partial charge in [0.1, 0.15) is 16.2 Å². The summed E-state index contributed by atoms with van der Waals surface area (Å²) >= 11 is 1.41. The molecular formula is C21H22N4O2S. The number of carbonyl (C=O) groups excluding carboxylic acids is 1. The van der Waals surface area contributed by atoms with Crippen LogP contribution in [0.25, 0.3) is 21.3 Å². The van der Waals surface area contributed by atoms with Crippen LogP contribution in [0.4, 0.5) is 5.69 Å². The van der Waals surface area contributed by atoms with E-state index in [2.05, 4.69) is 36.1 Å². The zero-order chi connectivity index (χ0) is 20.2. The number of benzene rings is 1. The van der Waals surface area contributed by atoms with Gasteiger partial charge in [-0.3, -0.25) is 4.79 Å². The van der Waals surface area contributed by atoms with E-state index in [1.54, 1.807) is 6.92 Å². The number of fused-ring (bicyclic) bond motifs is 2. The number of amides is 1. The van der Waals surface area contributed by atoms with Crippen molar-refractivity contribution in [3.8, 4) is 0 Å². The molecule has 4 rings (SSSR count). The monoisotopic (exact) mass is 394 g/mol. The Labute approximate surface area is 167 Å². The fourth-order valence-electron chi connectivity index (χ4n) is 3.20. The summed E-state index contributed by atoms with van der Waals surface area (Å²) in [5, 5.41) is 3.93. The Balaban J connectivity index is 1.72. The molecule has 0 fully saturated rings. The topological polar surface area (TPSA) is 80.9 Å². The standard InChI is InChI=1S/C21H22N4O2S/c1-10-16-11(2)22-20(21(4,5)6)25-19(16)28-17(10)18(26)24-13-7-8-15-14(9-13)23-12(3)27-15/h7-9H,1-6H3,(H,24,26). The van der Waals surface area contributed by atoms with Gasteiger partial charge in [0, 0.05) is 23.4 Å². The van der Waals surface area contributed by atoms with Crippen LogP contribution in [0.3, 0.4) is 0 Å². The molecule has 0 saturated carbocycles. The highest BCUT2D eigenvalue weighted by Crippen LogP contribution is 2.33. The van der Waals surface area contributed by atoms with Gasteiger partial charge in [0.25, 0.3) is 5.91 Å². The highest BCUT2D eigenvalue weighted by molar-refractivity contribution is 7.20. The number of nitrogens with zero attached hydrogens (tertiary/aromatic N) is 3. The van der Waals surface area contributed by atoms with Crippen LogP contribution >= 0.6 is 11.3 Å². The van der Waals surface area contributed by atoms with Gasteiger partial charge in [-0.2, -0.15) is 0 Å². The number of hydrogen-bond acceptors (Lipinski definition) is 6. The minimum atomic E-state index is -0.156. The maximum atomic E-state index is 12.9. The Morgan fingerprint density at radius 2 is 1.86 bits per heavy atom. The molecule has 0 spiro atoms. The summed E-state index contributed by atoms with van der Waals surface area (Å²) in [6, 6.07) is 5.44. The smallest absolute Gasteiger partial charge is 0.266 e. The van der Waals surface area contributed by atoms with Crippen LogP contribution in [0.2, 0.25) is 0 Å². The Bertz CT molecular complexity index is 1230. The van der Waals surface area contributed by atoms with Crippen molar-refractivity contribution >= 4 is 44.2 Å². The summed E-state index contributed by atoms with van der Waals surface area (Å²) in [6.07, 6.45) is 0. The van der Waals surface area contributed by atoms with E-state index < -0.39 is 0 Å². The number of aryl methyl sites for hydroxylation is 3. The normalized spacial score (nSPS) is 12.1. The summed E-state index contributed by atoms with van der Waals surface area (Å²) in [6.45, 7) is 12.0. The van der Waals surface area contributed by atoms with Crippen LogP contribution < -0.4 is 5.32 Å². The third kappa shape index (κ3) is 3.16. The Hall–Kier alpha value is -2.80. The zero-order valence-electron chi connectivity index (χ0n) is 16.8. The first kappa shape index (κ1) is 18.6. The maximum Gasteiger partial charge on any atom is 0.266 e. The number of nitrogens with one attached hydrogen (secondary N) is 1. The predicted molar refractivity (Wildman–Crippen MR) is 112 cm³/mol. The summed E-state index contributed by atoms with van der Waals surface area (Å²) in [4.78, 5) is 28.2. The minimum Gasteiger partial charge on any atom is -0.441 e. The van der Waals surface area contributed by atoms with E-state index in [4.69, 9.17) is 9.40 Å². The highest BCUT2D eigenvalue weighted by atomic mass is 32.1. The summed E-state index contributed by atoms with van der Waals surface area (Å²) < 4.78 is 5.49. The number of carbonyl (C=O) groups is 1. The second-order valence-corrected chi connectivity index (χ2v) is 8.99. The second-order valence-electron chi connectivity index (χ2n) is 7.99. The van der Waals surface area contributed by atoms with Gasteiger partial charge in [-0.15, -0.1) is 11.3 Å². The van der Waals surface area contributed by atoms with Gasteiger partial charge < -0.3 is 9.73 Å². The molecule has 4 aromatic rings. The van der Waals surface area contributed by atoms with Crippen molar-refractivity contribution in [2.45, 2.75) is 47.0 Å². The van der Waals surface area contributed by atoms with E-state index in [-0.39, 0.29) is 11.3 Å². The molecule has 0 unspecified atom stereocenters. The Morgan fingerprint density at radius 3 is 2.57 bits per heavy atom. The van der Waals surface area contributed by atoms with Crippen molar-refractivity contribution in [3.63, 3.8) is 0 Å². The summed E-state index contributed by atoms with van der Waals surface area (Å²) in [7, 11) is 0. The van der Waals surface area contributed by atoms with Crippen molar-refractivity contribution in [3.05, 3.63) is 46.0 Å². The van der Waals surface area contributed by atoms with E-state index in [1.807, 2.05) is 32.0 Å². The average Bonchev–Trinajstić information content (AvgIpc) is 3.13. The molecule has 0 aliphatic heterocycles. The van der Waals surface area contributed by atoms with Crippen molar-refractivity contribution in [2.24, 2.45) is 0 Å². The number of oxazole rings is 1. The van der Waals surface area contributed by atoms with E-state index >= 15 is 0 Å². The molecule has 0 bridgehead atoms. The van der Waals surface area contributed by atoms with E-state index in [0.29, 0.717) is 22.0 Å². The van der Waals surface area contributed by atoms with Gasteiger partial charge in [-0.05, 0) is 37.6 Å². The lowest BCUT2D eigenvalue weighted by Gasteiger charge is -2.16. The van der Waals surface area contributed by atoms with Crippen LogP contribution in [0, 0.1) is 20.8 Å². The van der Waals surface area contributed by atoms with E-state index in [0.717, 1.165) is 32.8 Å². The quantitative estimate of drug-likeness (QED) is 0.498. The number of aromatic nitrogens is 3. The van der Waals surface area contributed by atoms with E-state index in [1.165, 1.54) is 11.3 Å². The van der Waals surface area contributed by atoms with Gasteiger partial charge in [0.15, 0.2) is 11.5 Å². The second kappa shape index (κ2) is 6.38. The highest BCUT2D eigenvalue weighted by Gasteiger charge is 2.23. The average molecular weight is 395 g/mol. The number of thiophene rings is 1. The number of anilines is 1. The van der Waals surface area contributed by atoms with Gasteiger partial charge in [-0.25, -0.2) is 15.0 Å². The fraction of sp³-hybridized carbons (Fsp3) is 0.333. The molecule has 0 aliphatic carbocycles. The van der Waals surface area contributed by atoms with Crippen molar-refractivity contribution in [1.29, 1.82) is 0 Å². The zero-order valence-corrected chi connectivity index (χ0v) is 17.6. The molecule has 0 radical (unpaired) electrons. The molecule has 3 aromatic heterocycles. The lowest BCUT2D eigenvalue weighted by molar-refractivity contribution is 0.103. The van der Waals surface area contributed by atoms with Crippen molar-refractivity contribution < 1.29 is 9.21 Å². The van der Waals surface area contributed by atoms with Gasteiger partial charge in [-0.1, -0.05) is 20.8 Å². The van der Waals surface area contributed by atoms with Gasteiger partial charge in [0.2, 0.25) is 0 Å². The molecule has 144 valence electrons. The number of rotatable bonds is 2. The molecule has 0 saturated heterocycles. The van der Waals surface area contributed by atoms with Crippen molar-refractivity contribution in [1.82, 2.24) is 15.0 Å². The molecule has 3 heterocycles. The lowest BCUT2D eigenvalue weighted by Crippen LogP contribution is -2.16. The lowest BCUT2D eigenvalue weighted by atomic mass is 9.95. The predicted octanol–water partition coefficient (Wildman–Crippen LogP) is 5.31. The molecule has 0 atom stereocenters. The molecule has 28 heavy (non-hydrogen) atoms. The molecule has 6 nitrogen and oxygen atoms in total. The first-order valence-corrected chi connectivity index (χ1v) is 9.92. The van der Waals surface area contributed by atoms with Gasteiger partial charge >= 0.3 is 0 Å². The number of hydrogen-bond donors (Lipinski definition) is 1. The van der Waals surface area contributed by atoms with Crippen LogP contribution in [0.15, 0.2) is 22.6 Å². The first-order chi connectivity index (χ1) is 13.1. The minimum absolute atomic E-state index is 0.148. The fourth-order valence-corrected chi connectivity index (χ4v) is 4.33. The Kier molecular flexibility index (Phi) is 4.23. The molecule has 0 aliphatic rings. The molecule has 1 amide bonds. The third-order valence-corrected chi connectivity index (χ3v) is 5.78. The molecule has 7 heteroatoms.